The monoisotopic (exact) mass is 348 g/mol. The van der Waals surface area contributed by atoms with Crippen molar-refractivity contribution in [1.82, 2.24) is 10.6 Å². The van der Waals surface area contributed by atoms with Crippen LogP contribution in [0.4, 0.5) is 0 Å². The lowest BCUT2D eigenvalue weighted by Crippen LogP contribution is -2.46. The highest BCUT2D eigenvalue weighted by molar-refractivity contribution is 7.17. The molecule has 2 aromatic rings. The number of amides is 2. The van der Waals surface area contributed by atoms with Crippen molar-refractivity contribution in [3.8, 4) is 0 Å². The molecule has 3 N–H and O–H groups in total. The smallest absolute Gasteiger partial charge is 0.326 e. The topological polar surface area (TPSA) is 95.5 Å². The van der Waals surface area contributed by atoms with Crippen molar-refractivity contribution in [2.24, 2.45) is 5.92 Å². The van der Waals surface area contributed by atoms with Crippen LogP contribution in [0.5, 0.6) is 0 Å². The number of fused-ring (bicyclic) bond motifs is 1. The molecule has 1 aromatic carbocycles. The zero-order chi connectivity index (χ0) is 17.7. The molecule has 0 aliphatic carbocycles. The van der Waals surface area contributed by atoms with Gasteiger partial charge in [-0.05, 0) is 18.4 Å². The summed E-state index contributed by atoms with van der Waals surface area (Å²) in [5.41, 5.74) is 0.514. The van der Waals surface area contributed by atoms with Crippen molar-refractivity contribution in [3.05, 3.63) is 35.2 Å². The maximum absolute atomic E-state index is 12.2. The number of thiophene rings is 1. The Labute approximate surface area is 143 Å². The van der Waals surface area contributed by atoms with Gasteiger partial charge in [0.2, 0.25) is 5.91 Å². The van der Waals surface area contributed by atoms with Crippen LogP contribution >= 0.6 is 11.3 Å². The van der Waals surface area contributed by atoms with Crippen LogP contribution in [0.3, 0.4) is 0 Å². The molecule has 24 heavy (non-hydrogen) atoms. The highest BCUT2D eigenvalue weighted by atomic mass is 32.1. The van der Waals surface area contributed by atoms with Gasteiger partial charge in [-0.3, -0.25) is 9.59 Å². The second kappa shape index (κ2) is 7.92. The van der Waals surface area contributed by atoms with E-state index in [1.54, 1.807) is 5.38 Å². The highest BCUT2D eigenvalue weighted by Crippen LogP contribution is 2.25. The lowest BCUT2D eigenvalue weighted by molar-refractivity contribution is -0.142. The van der Waals surface area contributed by atoms with Crippen molar-refractivity contribution in [1.29, 1.82) is 0 Å². The minimum Gasteiger partial charge on any atom is -0.480 e. The normalized spacial score (nSPS) is 12.1. The maximum atomic E-state index is 12.2. The van der Waals surface area contributed by atoms with E-state index in [0.717, 1.165) is 10.1 Å². The number of carbonyl (C=O) groups excluding carboxylic acids is 2. The van der Waals surface area contributed by atoms with Crippen LogP contribution in [0.2, 0.25) is 0 Å². The first-order valence-electron chi connectivity index (χ1n) is 7.65. The van der Waals surface area contributed by atoms with Crippen molar-refractivity contribution in [2.45, 2.75) is 26.3 Å². The zero-order valence-corrected chi connectivity index (χ0v) is 14.4. The Hall–Kier alpha value is -2.41. The molecule has 0 saturated heterocycles. The molecule has 2 rings (SSSR count). The van der Waals surface area contributed by atoms with Gasteiger partial charge in [-0.25, -0.2) is 4.79 Å². The second-order valence-corrected chi connectivity index (χ2v) is 6.83. The van der Waals surface area contributed by atoms with Crippen molar-refractivity contribution < 1.29 is 19.5 Å². The summed E-state index contributed by atoms with van der Waals surface area (Å²) in [6.45, 7) is 3.50. The molecule has 1 atom stereocenters. The van der Waals surface area contributed by atoms with E-state index in [4.69, 9.17) is 5.11 Å². The summed E-state index contributed by atoms with van der Waals surface area (Å²) >= 11 is 1.46. The summed E-state index contributed by atoms with van der Waals surface area (Å²) in [5, 5.41) is 16.7. The Balaban J connectivity index is 1.93. The molecular formula is C17H20N2O4S. The molecule has 0 saturated carbocycles. The third-order valence-corrected chi connectivity index (χ3v) is 4.44. The summed E-state index contributed by atoms with van der Waals surface area (Å²) in [6.07, 6.45) is 0.337. The van der Waals surface area contributed by atoms with E-state index < -0.39 is 17.9 Å². The van der Waals surface area contributed by atoms with Crippen molar-refractivity contribution in [2.75, 3.05) is 6.54 Å². The minimum atomic E-state index is -1.08. The minimum absolute atomic E-state index is 0.137. The lowest BCUT2D eigenvalue weighted by atomic mass is 10.0. The molecule has 0 bridgehead atoms. The van der Waals surface area contributed by atoms with Gasteiger partial charge in [0.05, 0.1) is 12.1 Å². The Morgan fingerprint density at radius 3 is 2.58 bits per heavy atom. The van der Waals surface area contributed by atoms with Crippen LogP contribution in [0, 0.1) is 5.92 Å². The molecule has 0 spiro atoms. The number of rotatable bonds is 7. The van der Waals surface area contributed by atoms with E-state index >= 15 is 0 Å². The van der Waals surface area contributed by atoms with E-state index in [1.807, 2.05) is 38.1 Å². The van der Waals surface area contributed by atoms with Gasteiger partial charge in [-0.15, -0.1) is 11.3 Å². The van der Waals surface area contributed by atoms with E-state index in [0.29, 0.717) is 12.0 Å². The second-order valence-electron chi connectivity index (χ2n) is 5.92. The van der Waals surface area contributed by atoms with Gasteiger partial charge in [-0.2, -0.15) is 0 Å². The first-order chi connectivity index (χ1) is 11.4. The molecule has 0 fully saturated rings. The number of hydrogen-bond acceptors (Lipinski definition) is 4. The number of carboxylic acids is 1. The molecule has 1 heterocycles. The molecule has 6 nitrogen and oxygen atoms in total. The quantitative estimate of drug-likeness (QED) is 0.715. The van der Waals surface area contributed by atoms with Crippen LogP contribution < -0.4 is 10.6 Å². The number of aliphatic carboxylic acids is 1. The van der Waals surface area contributed by atoms with Gasteiger partial charge in [0.15, 0.2) is 0 Å². The first kappa shape index (κ1) is 17.9. The van der Waals surface area contributed by atoms with Gasteiger partial charge in [0, 0.05) is 15.5 Å². The predicted molar refractivity (Wildman–Crippen MR) is 93.2 cm³/mol. The first-order valence-corrected chi connectivity index (χ1v) is 8.53. The van der Waals surface area contributed by atoms with Crippen LogP contribution in [0.1, 0.15) is 30.6 Å². The molecule has 0 unspecified atom stereocenters. The summed E-state index contributed by atoms with van der Waals surface area (Å²) in [6, 6.07) is 6.57. The molecule has 0 radical (unpaired) electrons. The molecule has 1 aromatic heterocycles. The number of carbonyl (C=O) groups is 3. The average Bonchev–Trinajstić information content (AvgIpc) is 2.95. The lowest BCUT2D eigenvalue weighted by Gasteiger charge is -2.16. The Morgan fingerprint density at radius 1 is 1.21 bits per heavy atom. The predicted octanol–water partition coefficient (Wildman–Crippen LogP) is 2.25. The Morgan fingerprint density at radius 2 is 1.92 bits per heavy atom. The number of carboxylic acid groups (broad SMARTS) is 1. The Kier molecular flexibility index (Phi) is 5.92. The summed E-state index contributed by atoms with van der Waals surface area (Å²) in [7, 11) is 0. The summed E-state index contributed by atoms with van der Waals surface area (Å²) in [5.74, 6) is -1.81. The van der Waals surface area contributed by atoms with Gasteiger partial charge < -0.3 is 15.7 Å². The van der Waals surface area contributed by atoms with Crippen LogP contribution in [0.25, 0.3) is 10.1 Å². The fourth-order valence-corrected chi connectivity index (χ4v) is 3.29. The number of benzene rings is 1. The summed E-state index contributed by atoms with van der Waals surface area (Å²) in [4.78, 5) is 35.3. The third kappa shape index (κ3) is 4.55. The van der Waals surface area contributed by atoms with E-state index in [9.17, 15) is 14.4 Å². The van der Waals surface area contributed by atoms with E-state index in [2.05, 4.69) is 10.6 Å². The molecule has 7 heteroatoms. The van der Waals surface area contributed by atoms with Crippen LogP contribution in [-0.4, -0.2) is 35.5 Å². The SMILES string of the molecule is CC(C)C[C@H](NC(=O)CNC(=O)c1csc2ccccc12)C(=O)O. The molecule has 128 valence electrons. The van der Waals surface area contributed by atoms with Gasteiger partial charge in [-0.1, -0.05) is 32.0 Å². The van der Waals surface area contributed by atoms with Crippen molar-refractivity contribution >= 4 is 39.2 Å². The molecular weight excluding hydrogens is 328 g/mol. The summed E-state index contributed by atoms with van der Waals surface area (Å²) < 4.78 is 0.995. The van der Waals surface area contributed by atoms with Gasteiger partial charge in [0.25, 0.3) is 5.91 Å². The Bertz CT molecular complexity index is 754. The fraction of sp³-hybridized carbons (Fsp3) is 0.353. The van der Waals surface area contributed by atoms with Crippen LogP contribution in [0.15, 0.2) is 29.6 Å². The zero-order valence-electron chi connectivity index (χ0n) is 13.5. The maximum Gasteiger partial charge on any atom is 0.326 e. The highest BCUT2D eigenvalue weighted by Gasteiger charge is 2.21. The molecule has 0 aliphatic heterocycles. The van der Waals surface area contributed by atoms with Gasteiger partial charge in [0.1, 0.15) is 6.04 Å². The van der Waals surface area contributed by atoms with E-state index in [-0.39, 0.29) is 18.4 Å². The van der Waals surface area contributed by atoms with Crippen molar-refractivity contribution in [3.63, 3.8) is 0 Å². The molecule has 0 aliphatic rings. The van der Waals surface area contributed by atoms with Crippen LogP contribution in [-0.2, 0) is 9.59 Å². The standard InChI is InChI=1S/C17H20N2O4S/c1-10(2)7-13(17(22)23)19-15(20)8-18-16(21)12-9-24-14-6-4-3-5-11(12)14/h3-6,9-10,13H,7-8H2,1-2H3,(H,18,21)(H,19,20)(H,22,23)/t13-/m0/s1. The largest absolute Gasteiger partial charge is 0.480 e. The third-order valence-electron chi connectivity index (χ3n) is 3.48. The fourth-order valence-electron chi connectivity index (χ4n) is 2.35. The molecule has 2 amide bonds. The number of nitrogens with one attached hydrogen (secondary N) is 2. The van der Waals surface area contributed by atoms with E-state index in [1.165, 1.54) is 11.3 Å². The van der Waals surface area contributed by atoms with Gasteiger partial charge >= 0.3 is 5.97 Å². The average molecular weight is 348 g/mol. The number of hydrogen-bond donors (Lipinski definition) is 3.